The van der Waals surface area contributed by atoms with Crippen molar-refractivity contribution in [3.63, 3.8) is 0 Å². The zero-order valence-electron chi connectivity index (χ0n) is 11.4. The first-order chi connectivity index (χ1) is 10.1. The molecule has 0 fully saturated rings. The highest BCUT2D eigenvalue weighted by Crippen LogP contribution is 2.15. The Kier molecular flexibility index (Phi) is 3.23. The van der Waals surface area contributed by atoms with Crippen molar-refractivity contribution < 1.29 is 9.59 Å². The lowest BCUT2D eigenvalue weighted by molar-refractivity contribution is 0.101. The minimum atomic E-state index is -0.206. The van der Waals surface area contributed by atoms with Gasteiger partial charge < -0.3 is 5.32 Å². The lowest BCUT2D eigenvalue weighted by Gasteiger charge is -2.06. The maximum atomic E-state index is 12.2. The van der Waals surface area contributed by atoms with Gasteiger partial charge in [-0.3, -0.25) is 14.7 Å². The summed E-state index contributed by atoms with van der Waals surface area (Å²) < 4.78 is 0. The molecular formula is C16H13N3O2. The molecule has 0 aliphatic rings. The van der Waals surface area contributed by atoms with Crippen LogP contribution >= 0.6 is 0 Å². The minimum Gasteiger partial charge on any atom is -0.322 e. The molecule has 0 radical (unpaired) electrons. The van der Waals surface area contributed by atoms with E-state index in [2.05, 4.69) is 15.5 Å². The summed E-state index contributed by atoms with van der Waals surface area (Å²) in [5, 5.41) is 10.5. The number of benzene rings is 2. The number of carbonyl (C=O) groups excluding carboxylic acids is 2. The molecule has 0 unspecified atom stereocenters. The summed E-state index contributed by atoms with van der Waals surface area (Å²) >= 11 is 0. The van der Waals surface area contributed by atoms with Gasteiger partial charge in [-0.25, -0.2) is 0 Å². The van der Waals surface area contributed by atoms with Crippen LogP contribution in [0.4, 0.5) is 5.69 Å². The zero-order valence-corrected chi connectivity index (χ0v) is 11.4. The fourth-order valence-corrected chi connectivity index (χ4v) is 2.07. The molecule has 0 saturated carbocycles. The number of carbonyl (C=O) groups is 2. The van der Waals surface area contributed by atoms with E-state index >= 15 is 0 Å². The monoisotopic (exact) mass is 279 g/mol. The largest absolute Gasteiger partial charge is 0.322 e. The molecule has 0 aliphatic carbocycles. The maximum Gasteiger partial charge on any atom is 0.255 e. The molecule has 5 heteroatoms. The van der Waals surface area contributed by atoms with E-state index in [9.17, 15) is 9.59 Å². The standard InChI is InChI=1S/C16H13N3O2/c1-10(20)11-4-6-14(7-5-11)18-16(21)12-2-3-13-9-17-19-15(13)8-12/h2-9H,1H3,(H,17,19)(H,18,21). The van der Waals surface area contributed by atoms with Gasteiger partial charge >= 0.3 is 0 Å². The number of rotatable bonds is 3. The quantitative estimate of drug-likeness (QED) is 0.724. The summed E-state index contributed by atoms with van der Waals surface area (Å²) in [6.45, 7) is 1.51. The lowest BCUT2D eigenvalue weighted by Crippen LogP contribution is -2.11. The number of Topliss-reactive ketones (excluding diaryl/α,β-unsaturated/α-hetero) is 1. The van der Waals surface area contributed by atoms with Crippen molar-refractivity contribution in [3.8, 4) is 0 Å². The molecule has 1 heterocycles. The second kappa shape index (κ2) is 5.20. The van der Waals surface area contributed by atoms with Crippen LogP contribution in [0.3, 0.4) is 0 Å². The topological polar surface area (TPSA) is 74.8 Å². The van der Waals surface area contributed by atoms with E-state index in [1.165, 1.54) is 6.92 Å². The molecule has 0 aliphatic heterocycles. The van der Waals surface area contributed by atoms with E-state index < -0.39 is 0 Å². The number of amides is 1. The van der Waals surface area contributed by atoms with Gasteiger partial charge in [0.1, 0.15) is 0 Å². The average molecular weight is 279 g/mol. The Labute approximate surface area is 121 Å². The van der Waals surface area contributed by atoms with Crippen molar-refractivity contribution in [2.24, 2.45) is 0 Å². The fraction of sp³-hybridized carbons (Fsp3) is 0.0625. The number of anilines is 1. The summed E-state index contributed by atoms with van der Waals surface area (Å²) in [4.78, 5) is 23.4. The van der Waals surface area contributed by atoms with Gasteiger partial charge in [-0.05, 0) is 43.3 Å². The normalized spacial score (nSPS) is 10.5. The predicted octanol–water partition coefficient (Wildman–Crippen LogP) is 3.02. The van der Waals surface area contributed by atoms with Crippen LogP contribution in [0.15, 0.2) is 48.7 Å². The van der Waals surface area contributed by atoms with Crippen molar-refractivity contribution in [1.29, 1.82) is 0 Å². The van der Waals surface area contributed by atoms with Crippen molar-refractivity contribution >= 4 is 28.3 Å². The summed E-state index contributed by atoms with van der Waals surface area (Å²) in [6, 6.07) is 12.1. The third kappa shape index (κ3) is 2.67. The summed E-state index contributed by atoms with van der Waals surface area (Å²) in [6.07, 6.45) is 1.71. The molecule has 0 saturated heterocycles. The van der Waals surface area contributed by atoms with Gasteiger partial charge in [-0.1, -0.05) is 6.07 Å². The Hall–Kier alpha value is -2.95. The molecule has 2 N–H and O–H groups in total. The first kappa shape index (κ1) is 13.1. The Bertz CT molecular complexity index is 819. The summed E-state index contributed by atoms with van der Waals surface area (Å²) in [5.41, 5.74) is 2.62. The van der Waals surface area contributed by atoms with Crippen LogP contribution < -0.4 is 5.32 Å². The molecule has 1 aromatic heterocycles. The van der Waals surface area contributed by atoms with Gasteiger partial charge in [-0.15, -0.1) is 0 Å². The fourth-order valence-electron chi connectivity index (χ4n) is 2.07. The van der Waals surface area contributed by atoms with Crippen LogP contribution in [0.2, 0.25) is 0 Å². The molecule has 3 rings (SSSR count). The van der Waals surface area contributed by atoms with E-state index in [1.807, 2.05) is 6.07 Å². The molecular weight excluding hydrogens is 266 g/mol. The third-order valence-corrected chi connectivity index (χ3v) is 3.25. The minimum absolute atomic E-state index is 0.00225. The van der Waals surface area contributed by atoms with Crippen molar-refractivity contribution in [3.05, 3.63) is 59.8 Å². The van der Waals surface area contributed by atoms with Crippen LogP contribution in [0.25, 0.3) is 10.9 Å². The van der Waals surface area contributed by atoms with Gasteiger partial charge in [0.2, 0.25) is 0 Å². The summed E-state index contributed by atoms with van der Waals surface area (Å²) in [7, 11) is 0. The Morgan fingerprint density at radius 1 is 1.05 bits per heavy atom. The molecule has 21 heavy (non-hydrogen) atoms. The number of fused-ring (bicyclic) bond motifs is 1. The van der Waals surface area contributed by atoms with Gasteiger partial charge in [0, 0.05) is 22.2 Å². The highest BCUT2D eigenvalue weighted by atomic mass is 16.1. The van der Waals surface area contributed by atoms with E-state index in [0.717, 1.165) is 10.9 Å². The predicted molar refractivity (Wildman–Crippen MR) is 80.5 cm³/mol. The van der Waals surface area contributed by atoms with Crippen LogP contribution in [0.1, 0.15) is 27.6 Å². The number of hydrogen-bond donors (Lipinski definition) is 2. The molecule has 0 bridgehead atoms. The van der Waals surface area contributed by atoms with Crippen LogP contribution in [0, 0.1) is 0 Å². The first-order valence-electron chi connectivity index (χ1n) is 6.49. The average Bonchev–Trinajstić information content (AvgIpc) is 2.95. The Morgan fingerprint density at radius 3 is 2.48 bits per heavy atom. The van der Waals surface area contributed by atoms with Crippen molar-refractivity contribution in [2.75, 3.05) is 5.32 Å². The SMILES string of the molecule is CC(=O)c1ccc(NC(=O)c2ccc3cn[nH]c3c2)cc1. The van der Waals surface area contributed by atoms with Gasteiger partial charge in [0.25, 0.3) is 5.91 Å². The van der Waals surface area contributed by atoms with Crippen LogP contribution in [-0.2, 0) is 0 Å². The third-order valence-electron chi connectivity index (χ3n) is 3.25. The van der Waals surface area contributed by atoms with Crippen molar-refractivity contribution in [2.45, 2.75) is 6.92 Å². The molecule has 0 atom stereocenters. The molecule has 104 valence electrons. The number of aromatic nitrogens is 2. The Balaban J connectivity index is 1.80. The van der Waals surface area contributed by atoms with E-state index in [1.54, 1.807) is 42.6 Å². The molecule has 2 aromatic carbocycles. The number of hydrogen-bond acceptors (Lipinski definition) is 3. The second-order valence-corrected chi connectivity index (χ2v) is 4.76. The number of nitrogens with zero attached hydrogens (tertiary/aromatic N) is 1. The number of ketones is 1. The highest BCUT2D eigenvalue weighted by molar-refractivity contribution is 6.06. The molecule has 5 nitrogen and oxygen atoms in total. The first-order valence-corrected chi connectivity index (χ1v) is 6.49. The zero-order chi connectivity index (χ0) is 14.8. The van der Waals surface area contributed by atoms with Gasteiger partial charge in [-0.2, -0.15) is 5.10 Å². The Morgan fingerprint density at radius 2 is 1.76 bits per heavy atom. The van der Waals surface area contributed by atoms with E-state index in [-0.39, 0.29) is 11.7 Å². The maximum absolute atomic E-state index is 12.2. The molecule has 0 spiro atoms. The number of H-pyrrole nitrogens is 1. The van der Waals surface area contributed by atoms with Gasteiger partial charge in [0.15, 0.2) is 5.78 Å². The highest BCUT2D eigenvalue weighted by Gasteiger charge is 2.08. The van der Waals surface area contributed by atoms with E-state index in [0.29, 0.717) is 16.8 Å². The smallest absolute Gasteiger partial charge is 0.255 e. The lowest BCUT2D eigenvalue weighted by atomic mass is 10.1. The van der Waals surface area contributed by atoms with Gasteiger partial charge in [0.05, 0.1) is 11.7 Å². The summed E-state index contributed by atoms with van der Waals surface area (Å²) in [5.74, 6) is -0.209. The van der Waals surface area contributed by atoms with Crippen LogP contribution in [-0.4, -0.2) is 21.9 Å². The van der Waals surface area contributed by atoms with Crippen LogP contribution in [0.5, 0.6) is 0 Å². The second-order valence-electron chi connectivity index (χ2n) is 4.76. The molecule has 1 amide bonds. The van der Waals surface area contributed by atoms with Crippen molar-refractivity contribution in [1.82, 2.24) is 10.2 Å². The number of aromatic amines is 1. The van der Waals surface area contributed by atoms with E-state index in [4.69, 9.17) is 0 Å². The molecule has 3 aromatic rings. The number of nitrogens with one attached hydrogen (secondary N) is 2.